The van der Waals surface area contributed by atoms with Crippen LogP contribution in [0.25, 0.3) is 0 Å². The van der Waals surface area contributed by atoms with Gasteiger partial charge in [0.2, 0.25) is 0 Å². The fourth-order valence-electron chi connectivity index (χ4n) is 2.12. The molecule has 3 nitrogen and oxygen atoms in total. The molecule has 0 aliphatic heterocycles. The molecular weight excluding hydrogens is 252 g/mol. The predicted octanol–water partition coefficient (Wildman–Crippen LogP) is 3.20. The number of Topliss-reactive ketones (excluding diaryl/α,β-unsaturated/α-hetero) is 1. The molecule has 1 N–H and O–H groups in total. The van der Waals surface area contributed by atoms with Gasteiger partial charge >= 0.3 is 0 Å². The summed E-state index contributed by atoms with van der Waals surface area (Å²) in [5, 5.41) is 10.0. The number of rotatable bonds is 8. The third-order valence-corrected chi connectivity index (χ3v) is 3.48. The molecule has 0 fully saturated rings. The molecule has 3 heteroatoms. The molecule has 0 aliphatic rings. The Morgan fingerprint density at radius 3 is 2.30 bits per heavy atom. The minimum atomic E-state index is -0.592. The average molecular weight is 278 g/mol. The van der Waals surface area contributed by atoms with Crippen LogP contribution in [-0.4, -0.2) is 23.1 Å². The Morgan fingerprint density at radius 2 is 1.75 bits per heavy atom. The van der Waals surface area contributed by atoms with Gasteiger partial charge in [0.05, 0.1) is 12.7 Å². The van der Waals surface area contributed by atoms with E-state index < -0.39 is 12.2 Å². The van der Waals surface area contributed by atoms with E-state index in [-0.39, 0.29) is 11.7 Å². The lowest BCUT2D eigenvalue weighted by molar-refractivity contribution is -0.137. The topological polar surface area (TPSA) is 46.5 Å². The Kier molecular flexibility index (Phi) is 6.89. The summed E-state index contributed by atoms with van der Waals surface area (Å²) < 4.78 is 5.61. The molecule has 0 saturated heterocycles. The Hall–Kier alpha value is -1.19. The predicted molar refractivity (Wildman–Crippen MR) is 80.3 cm³/mol. The van der Waals surface area contributed by atoms with Crippen molar-refractivity contribution in [1.29, 1.82) is 0 Å². The van der Waals surface area contributed by atoms with Gasteiger partial charge in [-0.3, -0.25) is 4.79 Å². The number of benzene rings is 1. The Morgan fingerprint density at radius 1 is 1.15 bits per heavy atom. The van der Waals surface area contributed by atoms with Gasteiger partial charge in [-0.1, -0.05) is 51.1 Å². The van der Waals surface area contributed by atoms with Crippen LogP contribution >= 0.6 is 0 Å². The summed E-state index contributed by atoms with van der Waals surface area (Å²) in [6, 6.07) is 9.77. The quantitative estimate of drug-likeness (QED) is 0.794. The summed E-state index contributed by atoms with van der Waals surface area (Å²) in [5.74, 6) is -0.0435. The first-order valence-corrected chi connectivity index (χ1v) is 7.29. The number of aliphatic hydroxyl groups excluding tert-OH is 1. The van der Waals surface area contributed by atoms with Crippen molar-refractivity contribution in [3.8, 4) is 0 Å². The summed E-state index contributed by atoms with van der Waals surface area (Å²) in [6.45, 7) is 8.02. The number of carbonyl (C=O) groups is 1. The standard InChI is InChI=1S/C17H26O3/c1-12(2)10-16(18)13(3)17(19)14(4)20-11-15-8-6-5-7-9-15/h5-9,12-14,16,18H,10-11H2,1-4H3/t13-,14+,16+/m1/s1. The summed E-state index contributed by atoms with van der Waals surface area (Å²) in [7, 11) is 0. The van der Waals surface area contributed by atoms with Crippen LogP contribution in [0.2, 0.25) is 0 Å². The second-order valence-corrected chi connectivity index (χ2v) is 5.83. The van der Waals surface area contributed by atoms with Crippen molar-refractivity contribution in [3.63, 3.8) is 0 Å². The van der Waals surface area contributed by atoms with Gasteiger partial charge in [0.15, 0.2) is 5.78 Å². The van der Waals surface area contributed by atoms with E-state index in [1.807, 2.05) is 44.2 Å². The highest BCUT2D eigenvalue weighted by molar-refractivity contribution is 5.85. The van der Waals surface area contributed by atoms with Crippen LogP contribution < -0.4 is 0 Å². The van der Waals surface area contributed by atoms with Crippen molar-refractivity contribution < 1.29 is 14.6 Å². The summed E-state index contributed by atoms with van der Waals surface area (Å²) in [6.07, 6.45) is -0.449. The molecule has 3 atom stereocenters. The molecule has 20 heavy (non-hydrogen) atoms. The molecule has 112 valence electrons. The smallest absolute Gasteiger partial charge is 0.166 e. The summed E-state index contributed by atoms with van der Waals surface area (Å²) in [4.78, 5) is 12.2. The zero-order valence-corrected chi connectivity index (χ0v) is 12.9. The second-order valence-electron chi connectivity index (χ2n) is 5.83. The van der Waals surface area contributed by atoms with Gasteiger partial charge in [0.25, 0.3) is 0 Å². The number of aliphatic hydroxyl groups is 1. The van der Waals surface area contributed by atoms with Gasteiger partial charge in [-0.2, -0.15) is 0 Å². The van der Waals surface area contributed by atoms with Crippen LogP contribution in [0, 0.1) is 11.8 Å². The normalized spacial score (nSPS) is 15.9. The lowest BCUT2D eigenvalue weighted by atomic mass is 9.91. The van der Waals surface area contributed by atoms with E-state index >= 15 is 0 Å². The molecule has 0 unspecified atom stereocenters. The van der Waals surface area contributed by atoms with Gasteiger partial charge in [-0.25, -0.2) is 0 Å². The maximum Gasteiger partial charge on any atom is 0.166 e. The van der Waals surface area contributed by atoms with Crippen molar-refractivity contribution >= 4 is 5.78 Å². The van der Waals surface area contributed by atoms with E-state index in [2.05, 4.69) is 0 Å². The van der Waals surface area contributed by atoms with Crippen molar-refractivity contribution in [2.45, 2.75) is 52.9 Å². The number of ketones is 1. The molecule has 0 radical (unpaired) electrons. The minimum absolute atomic E-state index is 0.0333. The summed E-state index contributed by atoms with van der Waals surface area (Å²) >= 11 is 0. The fraction of sp³-hybridized carbons (Fsp3) is 0.588. The van der Waals surface area contributed by atoms with Crippen molar-refractivity contribution in [2.75, 3.05) is 0 Å². The Balaban J connectivity index is 2.46. The molecule has 0 aliphatic carbocycles. The third kappa shape index (κ3) is 5.43. The lowest BCUT2D eigenvalue weighted by Gasteiger charge is -2.22. The minimum Gasteiger partial charge on any atom is -0.392 e. The lowest BCUT2D eigenvalue weighted by Crippen LogP contribution is -2.34. The molecule has 0 aromatic heterocycles. The molecule has 0 spiro atoms. The zero-order valence-electron chi connectivity index (χ0n) is 12.9. The Labute approximate surface area is 122 Å². The van der Waals surface area contributed by atoms with Gasteiger partial charge in [0.1, 0.15) is 6.10 Å². The van der Waals surface area contributed by atoms with Gasteiger partial charge in [-0.15, -0.1) is 0 Å². The number of hydrogen-bond acceptors (Lipinski definition) is 3. The highest BCUT2D eigenvalue weighted by atomic mass is 16.5. The molecular formula is C17H26O3. The molecule has 1 rings (SSSR count). The van der Waals surface area contributed by atoms with Gasteiger partial charge < -0.3 is 9.84 Å². The highest BCUT2D eigenvalue weighted by Gasteiger charge is 2.27. The first-order chi connectivity index (χ1) is 9.41. The highest BCUT2D eigenvalue weighted by Crippen LogP contribution is 2.17. The zero-order chi connectivity index (χ0) is 15.1. The van der Waals surface area contributed by atoms with Crippen molar-refractivity contribution in [3.05, 3.63) is 35.9 Å². The first-order valence-electron chi connectivity index (χ1n) is 7.29. The average Bonchev–Trinajstić information content (AvgIpc) is 2.43. The van der Waals surface area contributed by atoms with E-state index in [4.69, 9.17) is 4.74 Å². The maximum atomic E-state index is 12.2. The van der Waals surface area contributed by atoms with Crippen LogP contribution in [0.15, 0.2) is 30.3 Å². The van der Waals surface area contributed by atoms with Crippen LogP contribution in [0.5, 0.6) is 0 Å². The molecule has 1 aromatic rings. The van der Waals surface area contributed by atoms with Crippen molar-refractivity contribution in [1.82, 2.24) is 0 Å². The molecule has 0 heterocycles. The summed E-state index contributed by atoms with van der Waals surface area (Å²) in [5.41, 5.74) is 1.04. The van der Waals surface area contributed by atoms with Gasteiger partial charge in [-0.05, 0) is 24.8 Å². The SMILES string of the molecule is CC(C)C[C@H](O)[C@@H](C)C(=O)[C@H](C)OCc1ccccc1. The van der Waals surface area contributed by atoms with Crippen LogP contribution in [0.4, 0.5) is 0 Å². The number of hydrogen-bond donors (Lipinski definition) is 1. The molecule has 1 aromatic carbocycles. The van der Waals surface area contributed by atoms with E-state index in [0.717, 1.165) is 5.56 Å². The van der Waals surface area contributed by atoms with E-state index in [1.165, 1.54) is 0 Å². The van der Waals surface area contributed by atoms with E-state index in [9.17, 15) is 9.90 Å². The molecule has 0 bridgehead atoms. The number of carbonyl (C=O) groups excluding carboxylic acids is 1. The second kappa shape index (κ2) is 8.18. The van der Waals surface area contributed by atoms with E-state index in [1.54, 1.807) is 13.8 Å². The largest absolute Gasteiger partial charge is 0.392 e. The third-order valence-electron chi connectivity index (χ3n) is 3.48. The monoisotopic (exact) mass is 278 g/mol. The van der Waals surface area contributed by atoms with Gasteiger partial charge in [0, 0.05) is 5.92 Å². The maximum absolute atomic E-state index is 12.2. The molecule has 0 saturated carbocycles. The van der Waals surface area contributed by atoms with Crippen LogP contribution in [0.1, 0.15) is 39.7 Å². The first kappa shape index (κ1) is 16.9. The van der Waals surface area contributed by atoms with Crippen molar-refractivity contribution in [2.24, 2.45) is 11.8 Å². The van der Waals surface area contributed by atoms with Crippen LogP contribution in [0.3, 0.4) is 0 Å². The molecule has 0 amide bonds. The van der Waals surface area contributed by atoms with Crippen LogP contribution in [-0.2, 0) is 16.1 Å². The fourth-order valence-corrected chi connectivity index (χ4v) is 2.12. The Bertz CT molecular complexity index is 400. The van der Waals surface area contributed by atoms with E-state index in [0.29, 0.717) is 18.9 Å². The number of ether oxygens (including phenoxy) is 1.